The van der Waals surface area contributed by atoms with Crippen LogP contribution in [0.5, 0.6) is 0 Å². The molecule has 0 aromatic carbocycles. The van der Waals surface area contributed by atoms with E-state index in [2.05, 4.69) is 5.16 Å². The van der Waals surface area contributed by atoms with Gasteiger partial charge in [-0.15, -0.1) is 0 Å². The van der Waals surface area contributed by atoms with Crippen LogP contribution in [0.15, 0.2) is 5.16 Å². The zero-order chi connectivity index (χ0) is 14.7. The van der Waals surface area contributed by atoms with Crippen LogP contribution in [0, 0.1) is 0 Å². The summed E-state index contributed by atoms with van der Waals surface area (Å²) in [6.45, 7) is 0. The topological polar surface area (TPSA) is 182 Å². The first-order valence-corrected chi connectivity index (χ1v) is 4.30. The number of carbonyl (C=O) groups is 4. The third-order valence-electron chi connectivity index (χ3n) is 1.24. The minimum Gasteiger partial charge on any atom is -1.00 e. The molecule has 0 aromatic heterocycles. The summed E-state index contributed by atoms with van der Waals surface area (Å²) in [6, 6.07) is 0. The molecule has 0 aliphatic carbocycles. The predicted octanol–water partition coefficient (Wildman–Crippen LogP) is -3.57. The molecule has 0 aliphatic heterocycles. The Morgan fingerprint density at radius 1 is 0.842 bits per heavy atom. The largest absolute Gasteiger partial charge is 1.00 e. The fourth-order valence-corrected chi connectivity index (χ4v) is 0.511. The molecule has 0 atom stereocenters. The van der Waals surface area contributed by atoms with Crippen molar-refractivity contribution in [3.63, 3.8) is 0 Å². The van der Waals surface area contributed by atoms with E-state index in [4.69, 9.17) is 25.6 Å². The number of oxime groups is 1. The summed E-state index contributed by atoms with van der Waals surface area (Å²) in [5.41, 5.74) is -0.785. The molecule has 0 saturated carbocycles. The van der Waals surface area contributed by atoms with Gasteiger partial charge in [-0.2, -0.15) is 0 Å². The molecule has 0 unspecified atom stereocenters. The van der Waals surface area contributed by atoms with Crippen molar-refractivity contribution in [1.82, 2.24) is 0 Å². The van der Waals surface area contributed by atoms with Gasteiger partial charge in [-0.05, 0) is 0 Å². The van der Waals surface area contributed by atoms with Gasteiger partial charge in [0.25, 0.3) is 0 Å². The summed E-state index contributed by atoms with van der Waals surface area (Å²) >= 11 is 0. The van der Waals surface area contributed by atoms with Crippen LogP contribution in [-0.2, 0) is 19.2 Å². The Labute approximate surface area is 130 Å². The second-order valence-electron chi connectivity index (χ2n) is 2.71. The summed E-state index contributed by atoms with van der Waals surface area (Å²) in [4.78, 5) is 39.0. The minimum absolute atomic E-state index is 0. The Balaban J connectivity index is -0.000000119. The number of hydrogen-bond acceptors (Lipinski definition) is 6. The summed E-state index contributed by atoms with van der Waals surface area (Å²) in [7, 11) is 0. The molecule has 104 valence electrons. The zero-order valence-electron chi connectivity index (χ0n) is 10.9. The van der Waals surface area contributed by atoms with Crippen molar-refractivity contribution in [2.75, 3.05) is 0 Å². The second kappa shape index (κ2) is 12.8. The molecule has 0 spiro atoms. The quantitative estimate of drug-likeness (QED) is 0.143. The molecule has 19 heavy (non-hydrogen) atoms. The van der Waals surface area contributed by atoms with Gasteiger partial charge in [0.1, 0.15) is 0 Å². The fourth-order valence-electron chi connectivity index (χ4n) is 0.511. The van der Waals surface area contributed by atoms with Gasteiger partial charge in [0.2, 0.25) is 0 Å². The van der Waals surface area contributed by atoms with Crippen molar-refractivity contribution in [2.24, 2.45) is 5.16 Å². The summed E-state index contributed by atoms with van der Waals surface area (Å²) in [5.74, 6) is -5.04. The van der Waals surface area contributed by atoms with Gasteiger partial charge in [-0.3, -0.25) is 14.4 Å². The first kappa shape index (κ1) is 22.5. The molecule has 0 heterocycles. The summed E-state index contributed by atoms with van der Waals surface area (Å²) in [5, 5.41) is 42.0. The van der Waals surface area contributed by atoms with Crippen LogP contribution in [-0.4, -0.2) is 55.2 Å². The van der Waals surface area contributed by atoms with Crippen LogP contribution in [0.2, 0.25) is 0 Å². The molecular weight excluding hydrogens is 277 g/mol. The van der Waals surface area contributed by atoms with Crippen molar-refractivity contribution in [2.45, 2.75) is 19.3 Å². The van der Waals surface area contributed by atoms with Crippen LogP contribution in [0.1, 0.15) is 20.7 Å². The van der Waals surface area contributed by atoms with Crippen LogP contribution >= 0.6 is 0 Å². The van der Waals surface area contributed by atoms with Crippen molar-refractivity contribution >= 4 is 29.6 Å². The Bertz CT molecular complexity index is 357. The summed E-state index contributed by atoms with van der Waals surface area (Å²) in [6.07, 6.45) is -1.38. The predicted molar refractivity (Wildman–Crippen MR) is 54.7 cm³/mol. The molecule has 0 saturated heterocycles. The van der Waals surface area contributed by atoms with Gasteiger partial charge in [0.05, 0.1) is 19.3 Å². The molecule has 10 nitrogen and oxygen atoms in total. The molecule has 0 aromatic rings. The van der Waals surface area contributed by atoms with E-state index in [1.54, 1.807) is 0 Å². The van der Waals surface area contributed by atoms with Gasteiger partial charge < -0.3 is 27.1 Å². The average Bonchev–Trinajstić information content (AvgIpc) is 2.23. The molecule has 0 amide bonds. The molecule has 5 N–H and O–H groups in total. The Morgan fingerprint density at radius 2 is 1.21 bits per heavy atom. The SMILES string of the molecule is O=C(O)CC(=NO)C(=O)O.O=C(O)CCC(=O)O.[H-].[Na+]. The molecule has 11 heteroatoms. The van der Waals surface area contributed by atoms with E-state index < -0.39 is 36.0 Å². The fraction of sp³-hybridized carbons (Fsp3) is 0.375. The maximum atomic E-state index is 9.91. The van der Waals surface area contributed by atoms with Crippen molar-refractivity contribution in [3.05, 3.63) is 0 Å². The standard InChI is InChI=1S/C4H5NO5.C4H6O4.Na.H/c6-3(7)1-2(5-10)4(8)9;5-3(6)1-2-4(7)8;;/h10H,1H2,(H,6,7)(H,8,9);1-2H2,(H,5,6)(H,7,8);;/q;;+1;-1. The van der Waals surface area contributed by atoms with Gasteiger partial charge in [-0.25, -0.2) is 4.79 Å². The zero-order valence-corrected chi connectivity index (χ0v) is 11.9. The van der Waals surface area contributed by atoms with Gasteiger partial charge >= 0.3 is 53.4 Å². The normalized spacial score (nSPS) is 9.37. The molecular formula is C8H12NNaO9. The monoisotopic (exact) mass is 289 g/mol. The van der Waals surface area contributed by atoms with E-state index in [0.29, 0.717) is 0 Å². The van der Waals surface area contributed by atoms with Crippen LogP contribution in [0.25, 0.3) is 0 Å². The van der Waals surface area contributed by atoms with Crippen molar-refractivity contribution < 1.29 is 75.8 Å². The van der Waals surface area contributed by atoms with Gasteiger partial charge in [-0.1, -0.05) is 5.16 Å². The molecule has 0 aliphatic rings. The van der Waals surface area contributed by atoms with Crippen molar-refractivity contribution in [3.8, 4) is 0 Å². The van der Waals surface area contributed by atoms with Crippen molar-refractivity contribution in [1.29, 1.82) is 0 Å². The number of nitrogens with zero attached hydrogens (tertiary/aromatic N) is 1. The Morgan fingerprint density at radius 3 is 1.32 bits per heavy atom. The minimum atomic E-state index is -1.54. The van der Waals surface area contributed by atoms with E-state index in [0.717, 1.165) is 0 Å². The van der Waals surface area contributed by atoms with Crippen LogP contribution < -0.4 is 29.6 Å². The average molecular weight is 289 g/mol. The first-order chi connectivity index (χ1) is 8.20. The molecule has 0 rings (SSSR count). The number of aliphatic carboxylic acids is 4. The third kappa shape index (κ3) is 18.9. The maximum absolute atomic E-state index is 9.91. The Hall–Kier alpha value is -1.65. The van der Waals surface area contributed by atoms with E-state index in [-0.39, 0.29) is 43.8 Å². The number of carboxylic acid groups (broad SMARTS) is 4. The van der Waals surface area contributed by atoms with Crippen LogP contribution in [0.3, 0.4) is 0 Å². The van der Waals surface area contributed by atoms with E-state index in [1.165, 1.54) is 0 Å². The molecule has 0 fully saturated rings. The number of rotatable bonds is 6. The van der Waals surface area contributed by atoms with E-state index in [9.17, 15) is 19.2 Å². The van der Waals surface area contributed by atoms with E-state index in [1.807, 2.05) is 0 Å². The van der Waals surface area contributed by atoms with Gasteiger partial charge in [0.15, 0.2) is 5.71 Å². The maximum Gasteiger partial charge on any atom is 1.00 e. The Kier molecular flexibility index (Phi) is 15.2. The number of carboxylic acids is 4. The first-order valence-electron chi connectivity index (χ1n) is 4.30. The smallest absolute Gasteiger partial charge is 1.00 e. The number of hydrogen-bond donors (Lipinski definition) is 5. The van der Waals surface area contributed by atoms with Gasteiger partial charge in [0, 0.05) is 0 Å². The third-order valence-corrected chi connectivity index (χ3v) is 1.24. The summed E-state index contributed by atoms with van der Waals surface area (Å²) < 4.78 is 0. The van der Waals surface area contributed by atoms with E-state index >= 15 is 0 Å². The second-order valence-corrected chi connectivity index (χ2v) is 2.71. The molecule has 0 bridgehead atoms. The van der Waals surface area contributed by atoms with Crippen LogP contribution in [0.4, 0.5) is 0 Å². The molecule has 0 radical (unpaired) electrons.